The summed E-state index contributed by atoms with van der Waals surface area (Å²) in [5.74, 6) is -1.63. The Labute approximate surface area is 177 Å². The fraction of sp³-hybridized carbons (Fsp3) is 0.636. The number of methoxy groups -OCH3 is 1. The maximum atomic E-state index is 13.5. The van der Waals surface area contributed by atoms with Gasteiger partial charge in [-0.3, -0.25) is 14.5 Å². The number of hydrogen-bond acceptors (Lipinski definition) is 5. The first-order valence-corrected chi connectivity index (χ1v) is 10.4. The molecule has 1 aromatic carbocycles. The first kappa shape index (κ1) is 20.8. The maximum absolute atomic E-state index is 13.5. The molecule has 1 amide bonds. The van der Waals surface area contributed by atoms with Crippen molar-refractivity contribution in [3.63, 3.8) is 0 Å². The lowest BCUT2D eigenvalue weighted by Gasteiger charge is -2.45. The van der Waals surface area contributed by atoms with Crippen molar-refractivity contribution in [3.05, 3.63) is 29.3 Å². The number of ether oxygens (including phenoxy) is 3. The molecule has 0 unspecified atom stereocenters. The monoisotopic (exact) mass is 439 g/mol. The van der Waals surface area contributed by atoms with E-state index in [1.165, 1.54) is 31.1 Å². The van der Waals surface area contributed by atoms with E-state index in [1.54, 1.807) is 0 Å². The number of alkyl halides is 3. The Morgan fingerprint density at radius 1 is 1.35 bits per heavy atom. The van der Waals surface area contributed by atoms with Gasteiger partial charge in [0.2, 0.25) is 5.91 Å². The van der Waals surface area contributed by atoms with Crippen LogP contribution in [0, 0.1) is 24.7 Å². The van der Waals surface area contributed by atoms with E-state index in [1.807, 2.05) is 6.92 Å². The zero-order valence-electron chi connectivity index (χ0n) is 17.5. The molecule has 4 heterocycles. The molecule has 0 radical (unpaired) electrons. The fourth-order valence-corrected chi connectivity index (χ4v) is 6.48. The Balaban J connectivity index is 1.56. The van der Waals surface area contributed by atoms with Crippen molar-refractivity contribution in [1.82, 2.24) is 0 Å². The van der Waals surface area contributed by atoms with Crippen LogP contribution in [-0.4, -0.2) is 43.0 Å². The van der Waals surface area contributed by atoms with E-state index >= 15 is 0 Å². The highest BCUT2D eigenvalue weighted by atomic mass is 19.4. The number of carbonyl (C=O) groups is 2. The molecule has 0 N–H and O–H groups in total. The third kappa shape index (κ3) is 2.72. The van der Waals surface area contributed by atoms with Gasteiger partial charge in [0.15, 0.2) is 0 Å². The van der Waals surface area contributed by atoms with Crippen LogP contribution < -0.4 is 4.90 Å². The molecule has 0 aromatic heterocycles. The predicted molar refractivity (Wildman–Crippen MR) is 102 cm³/mol. The van der Waals surface area contributed by atoms with Crippen molar-refractivity contribution in [1.29, 1.82) is 0 Å². The van der Waals surface area contributed by atoms with E-state index in [9.17, 15) is 22.8 Å². The molecule has 1 spiro atoms. The van der Waals surface area contributed by atoms with Crippen molar-refractivity contribution in [2.24, 2.45) is 17.8 Å². The topological polar surface area (TPSA) is 65.1 Å². The van der Waals surface area contributed by atoms with E-state index in [0.29, 0.717) is 19.4 Å². The van der Waals surface area contributed by atoms with E-state index in [0.717, 1.165) is 6.07 Å². The summed E-state index contributed by atoms with van der Waals surface area (Å²) in [7, 11) is 1.34. The number of benzene rings is 1. The van der Waals surface area contributed by atoms with Crippen LogP contribution in [0.1, 0.15) is 37.3 Å². The van der Waals surface area contributed by atoms with Gasteiger partial charge in [-0.2, -0.15) is 13.2 Å². The van der Waals surface area contributed by atoms with Crippen LogP contribution >= 0.6 is 0 Å². The SMILES string of the molecule is COC(=O)C[C@H]1C[C@]2(C)O[C@]13CCO[C@@H]1[C@H]3[C@H]2C(=O)N1c1ccc(C)c(C(F)(F)F)c1. The summed E-state index contributed by atoms with van der Waals surface area (Å²) in [6, 6.07) is 3.94. The first-order chi connectivity index (χ1) is 14.5. The minimum atomic E-state index is -4.52. The largest absolute Gasteiger partial charge is 0.469 e. The average Bonchev–Trinajstić information content (AvgIpc) is 3.25. The Morgan fingerprint density at radius 3 is 2.77 bits per heavy atom. The highest BCUT2D eigenvalue weighted by molar-refractivity contribution is 6.00. The number of fused-ring (bicyclic) bond motifs is 2. The standard InChI is InChI=1S/C22H24F3NO5/c1-11-4-5-13(9-14(11)22(23,24)25)26-18(28)16-17-19(26)30-7-6-21(17)12(8-15(27)29-3)10-20(16,2)31-21/h4-5,9,12,16-17,19H,6-8,10H2,1-3H3/t12-,16-,17+,19+,20-,21+/m0/s1. The molecule has 168 valence electrons. The number of rotatable bonds is 3. The molecule has 5 rings (SSSR count). The van der Waals surface area contributed by atoms with Crippen molar-refractivity contribution in [3.8, 4) is 0 Å². The van der Waals surface area contributed by atoms with Crippen LogP contribution in [0.5, 0.6) is 0 Å². The van der Waals surface area contributed by atoms with Gasteiger partial charge < -0.3 is 14.2 Å². The Hall–Kier alpha value is -2.13. The number of esters is 1. The third-order valence-corrected chi connectivity index (χ3v) is 7.64. The van der Waals surface area contributed by atoms with Gasteiger partial charge >= 0.3 is 12.1 Å². The highest BCUT2D eigenvalue weighted by Gasteiger charge is 2.78. The summed E-state index contributed by atoms with van der Waals surface area (Å²) in [5.41, 5.74) is -2.02. The van der Waals surface area contributed by atoms with Crippen LogP contribution in [0.15, 0.2) is 18.2 Å². The smallest absolute Gasteiger partial charge is 0.416 e. The van der Waals surface area contributed by atoms with Crippen LogP contribution in [0.25, 0.3) is 0 Å². The second kappa shape index (κ2) is 6.45. The molecule has 2 bridgehead atoms. The van der Waals surface area contributed by atoms with Crippen molar-refractivity contribution >= 4 is 17.6 Å². The summed E-state index contributed by atoms with van der Waals surface area (Å²) in [6.07, 6.45) is -4.01. The first-order valence-electron chi connectivity index (χ1n) is 10.4. The Kier molecular flexibility index (Phi) is 4.32. The molecule has 9 heteroatoms. The Morgan fingerprint density at radius 2 is 2.10 bits per heavy atom. The summed E-state index contributed by atoms with van der Waals surface area (Å²) < 4.78 is 57.8. The zero-order chi connectivity index (χ0) is 22.3. The summed E-state index contributed by atoms with van der Waals surface area (Å²) in [5, 5.41) is 0. The quantitative estimate of drug-likeness (QED) is 0.675. The number of aryl methyl sites for hydroxylation is 1. The van der Waals surface area contributed by atoms with Crippen molar-refractivity contribution in [2.75, 3.05) is 18.6 Å². The number of amides is 1. The fourth-order valence-electron chi connectivity index (χ4n) is 6.48. The van der Waals surface area contributed by atoms with Crippen LogP contribution in [0.4, 0.5) is 18.9 Å². The summed E-state index contributed by atoms with van der Waals surface area (Å²) in [4.78, 5) is 26.9. The van der Waals surface area contributed by atoms with Crippen LogP contribution in [-0.2, 0) is 30.0 Å². The van der Waals surface area contributed by atoms with Crippen molar-refractivity contribution < 1.29 is 37.0 Å². The molecule has 6 nitrogen and oxygen atoms in total. The molecular formula is C22H24F3NO5. The number of carbonyl (C=O) groups excluding carboxylic acids is 2. The van der Waals surface area contributed by atoms with Gasteiger partial charge in [0.05, 0.1) is 42.8 Å². The molecular weight excluding hydrogens is 415 g/mol. The van der Waals surface area contributed by atoms with Gasteiger partial charge in [-0.25, -0.2) is 0 Å². The molecule has 4 saturated heterocycles. The van der Waals surface area contributed by atoms with Gasteiger partial charge in [-0.1, -0.05) is 6.07 Å². The maximum Gasteiger partial charge on any atom is 0.416 e. The molecule has 31 heavy (non-hydrogen) atoms. The number of nitrogens with zero attached hydrogens (tertiary/aromatic N) is 1. The minimum Gasteiger partial charge on any atom is -0.469 e. The molecule has 4 aliphatic rings. The summed E-state index contributed by atoms with van der Waals surface area (Å²) >= 11 is 0. The number of hydrogen-bond donors (Lipinski definition) is 0. The summed E-state index contributed by atoms with van der Waals surface area (Å²) in [6.45, 7) is 3.55. The van der Waals surface area contributed by atoms with E-state index < -0.39 is 35.1 Å². The average molecular weight is 439 g/mol. The molecule has 1 aromatic rings. The molecule has 0 aliphatic carbocycles. The highest BCUT2D eigenvalue weighted by Crippen LogP contribution is 2.68. The second-order valence-electron chi connectivity index (χ2n) is 9.27. The second-order valence-corrected chi connectivity index (χ2v) is 9.27. The lowest BCUT2D eigenvalue weighted by Crippen LogP contribution is -2.55. The van der Waals surface area contributed by atoms with Crippen LogP contribution in [0.3, 0.4) is 0 Å². The zero-order valence-corrected chi connectivity index (χ0v) is 17.5. The molecule has 4 fully saturated rings. The predicted octanol–water partition coefficient (Wildman–Crippen LogP) is 3.45. The number of halogens is 3. The Bertz CT molecular complexity index is 965. The van der Waals surface area contributed by atoms with Gasteiger partial charge in [-0.05, 0) is 38.0 Å². The van der Waals surface area contributed by atoms with Gasteiger partial charge in [-0.15, -0.1) is 0 Å². The third-order valence-electron chi connectivity index (χ3n) is 7.64. The lowest BCUT2D eigenvalue weighted by molar-refractivity contribution is -0.159. The van der Waals surface area contributed by atoms with E-state index in [2.05, 4.69) is 0 Å². The van der Waals surface area contributed by atoms with Gasteiger partial charge in [0.1, 0.15) is 6.23 Å². The molecule has 6 atom stereocenters. The van der Waals surface area contributed by atoms with Crippen LogP contribution in [0.2, 0.25) is 0 Å². The van der Waals surface area contributed by atoms with E-state index in [4.69, 9.17) is 14.2 Å². The van der Waals surface area contributed by atoms with Gasteiger partial charge in [0.25, 0.3) is 0 Å². The van der Waals surface area contributed by atoms with Gasteiger partial charge in [0, 0.05) is 23.9 Å². The number of anilines is 1. The molecule has 4 aliphatic heterocycles. The normalized spacial score (nSPS) is 38.5. The van der Waals surface area contributed by atoms with E-state index in [-0.39, 0.29) is 41.4 Å². The molecule has 0 saturated carbocycles. The lowest BCUT2D eigenvalue weighted by atomic mass is 9.60. The van der Waals surface area contributed by atoms with Crippen molar-refractivity contribution in [2.45, 2.75) is 56.7 Å². The minimum absolute atomic E-state index is 0.0950.